The van der Waals surface area contributed by atoms with Crippen LogP contribution < -0.4 is 4.90 Å². The maximum Gasteiger partial charge on any atom is 0.141 e. The molecule has 20 heavy (non-hydrogen) atoms. The lowest BCUT2D eigenvalue weighted by Crippen LogP contribution is -2.43. The van der Waals surface area contributed by atoms with Crippen molar-refractivity contribution in [2.24, 2.45) is 5.92 Å². The fourth-order valence-electron chi connectivity index (χ4n) is 3.39. The molecule has 2 aromatic heterocycles. The summed E-state index contributed by atoms with van der Waals surface area (Å²) in [6.07, 6.45) is 6.05. The van der Waals surface area contributed by atoms with E-state index in [0.29, 0.717) is 12.5 Å². The van der Waals surface area contributed by atoms with Crippen molar-refractivity contribution in [3.05, 3.63) is 16.8 Å². The molecule has 4 rings (SSSR count). The molecule has 1 saturated heterocycles. The highest BCUT2D eigenvalue weighted by molar-refractivity contribution is 7.19. The van der Waals surface area contributed by atoms with Crippen LogP contribution in [-0.4, -0.2) is 34.3 Å². The highest BCUT2D eigenvalue weighted by atomic mass is 32.1. The minimum Gasteiger partial charge on any atom is -0.391 e. The molecule has 2 atom stereocenters. The number of nitrogens with zero attached hydrogens (tertiary/aromatic N) is 3. The van der Waals surface area contributed by atoms with Crippen molar-refractivity contribution in [1.29, 1.82) is 0 Å². The lowest BCUT2D eigenvalue weighted by atomic mass is 9.96. The summed E-state index contributed by atoms with van der Waals surface area (Å²) in [5, 5.41) is 11.4. The monoisotopic (exact) mass is 289 g/mol. The van der Waals surface area contributed by atoms with Crippen LogP contribution in [0.25, 0.3) is 10.2 Å². The number of hydrogen-bond donors (Lipinski definition) is 1. The predicted molar refractivity (Wildman–Crippen MR) is 81.4 cm³/mol. The van der Waals surface area contributed by atoms with Crippen LogP contribution in [0.1, 0.15) is 30.2 Å². The van der Waals surface area contributed by atoms with E-state index in [2.05, 4.69) is 21.8 Å². The van der Waals surface area contributed by atoms with Crippen molar-refractivity contribution >= 4 is 27.4 Å². The van der Waals surface area contributed by atoms with Gasteiger partial charge in [-0.15, -0.1) is 11.3 Å². The second-order valence-corrected chi connectivity index (χ2v) is 7.10. The number of aliphatic hydroxyl groups is 1. The summed E-state index contributed by atoms with van der Waals surface area (Å²) in [5.74, 6) is 1.43. The number of aryl methyl sites for hydroxylation is 2. The first kappa shape index (κ1) is 12.5. The van der Waals surface area contributed by atoms with E-state index < -0.39 is 0 Å². The zero-order valence-corrected chi connectivity index (χ0v) is 12.5. The lowest BCUT2D eigenvalue weighted by molar-refractivity contribution is 0.103. The fraction of sp³-hybridized carbons (Fsp3) is 0.600. The Hall–Kier alpha value is -1.20. The molecule has 0 spiro atoms. The van der Waals surface area contributed by atoms with E-state index in [1.807, 2.05) is 11.3 Å². The van der Waals surface area contributed by atoms with Crippen LogP contribution in [0.4, 0.5) is 5.82 Å². The van der Waals surface area contributed by atoms with E-state index in [-0.39, 0.29) is 6.10 Å². The summed E-state index contributed by atoms with van der Waals surface area (Å²) in [6.45, 7) is 3.80. The molecule has 1 aliphatic carbocycles. The number of fused-ring (bicyclic) bond motifs is 3. The van der Waals surface area contributed by atoms with Crippen molar-refractivity contribution in [2.75, 3.05) is 18.0 Å². The Kier molecular flexibility index (Phi) is 2.93. The lowest BCUT2D eigenvalue weighted by Gasteiger charge is -2.35. The molecule has 2 unspecified atom stereocenters. The molecule has 106 valence electrons. The second-order valence-electron chi connectivity index (χ2n) is 6.01. The van der Waals surface area contributed by atoms with Gasteiger partial charge in [-0.3, -0.25) is 0 Å². The molecule has 0 bridgehead atoms. The van der Waals surface area contributed by atoms with E-state index in [9.17, 15) is 5.11 Å². The average Bonchev–Trinajstić information content (AvgIpc) is 3.01. The standard InChI is InChI=1S/C15H19N3OS/c1-9-5-6-18(7-11(9)19)14-13-10-3-2-4-12(10)20-15(13)17-8-16-14/h8-9,11,19H,2-7H2,1H3. The van der Waals surface area contributed by atoms with Gasteiger partial charge < -0.3 is 10.0 Å². The molecule has 0 amide bonds. The highest BCUT2D eigenvalue weighted by Gasteiger charge is 2.28. The summed E-state index contributed by atoms with van der Waals surface area (Å²) in [4.78, 5) is 13.9. The number of aliphatic hydroxyl groups excluding tert-OH is 1. The van der Waals surface area contributed by atoms with Crippen molar-refractivity contribution in [3.8, 4) is 0 Å². The number of β-amino-alcohol motifs (C(OH)–C–C–N with tert-alkyl or cyclic N) is 1. The zero-order valence-electron chi connectivity index (χ0n) is 11.7. The van der Waals surface area contributed by atoms with Gasteiger partial charge in [0.1, 0.15) is 17.0 Å². The Labute approximate surface area is 122 Å². The smallest absolute Gasteiger partial charge is 0.141 e. The second kappa shape index (κ2) is 4.67. The summed E-state index contributed by atoms with van der Waals surface area (Å²) < 4.78 is 0. The molecule has 2 aromatic rings. The first-order chi connectivity index (χ1) is 9.74. The van der Waals surface area contributed by atoms with Crippen molar-refractivity contribution in [2.45, 2.75) is 38.7 Å². The van der Waals surface area contributed by atoms with Gasteiger partial charge in [0.25, 0.3) is 0 Å². The summed E-state index contributed by atoms with van der Waals surface area (Å²) in [6, 6.07) is 0. The van der Waals surface area contributed by atoms with Gasteiger partial charge in [0.05, 0.1) is 11.5 Å². The third-order valence-corrected chi connectivity index (χ3v) is 5.90. The maximum atomic E-state index is 10.1. The van der Waals surface area contributed by atoms with Crippen LogP contribution >= 0.6 is 11.3 Å². The van der Waals surface area contributed by atoms with Gasteiger partial charge in [0, 0.05) is 18.0 Å². The maximum absolute atomic E-state index is 10.1. The summed E-state index contributed by atoms with van der Waals surface area (Å²) >= 11 is 1.83. The topological polar surface area (TPSA) is 49.2 Å². The van der Waals surface area contributed by atoms with Crippen LogP contribution in [0, 0.1) is 5.92 Å². The van der Waals surface area contributed by atoms with Gasteiger partial charge in [-0.25, -0.2) is 9.97 Å². The number of thiophene rings is 1. The molecule has 2 aliphatic rings. The van der Waals surface area contributed by atoms with Gasteiger partial charge in [0.15, 0.2) is 0 Å². The van der Waals surface area contributed by atoms with Crippen molar-refractivity contribution in [1.82, 2.24) is 9.97 Å². The van der Waals surface area contributed by atoms with E-state index >= 15 is 0 Å². The van der Waals surface area contributed by atoms with Gasteiger partial charge >= 0.3 is 0 Å². The molecule has 4 nitrogen and oxygen atoms in total. The van der Waals surface area contributed by atoms with Crippen LogP contribution in [-0.2, 0) is 12.8 Å². The van der Waals surface area contributed by atoms with E-state index in [4.69, 9.17) is 0 Å². The largest absolute Gasteiger partial charge is 0.391 e. The Morgan fingerprint density at radius 3 is 3.10 bits per heavy atom. The molecule has 1 aliphatic heterocycles. The number of aromatic nitrogens is 2. The predicted octanol–water partition coefficient (Wildman–Crippen LogP) is 2.39. The van der Waals surface area contributed by atoms with Gasteiger partial charge in [-0.05, 0) is 37.2 Å². The third kappa shape index (κ3) is 1.84. The van der Waals surface area contributed by atoms with Crippen LogP contribution in [0.3, 0.4) is 0 Å². The normalized spacial score (nSPS) is 26.2. The molecular weight excluding hydrogens is 270 g/mol. The Bertz CT molecular complexity index is 654. The van der Waals surface area contributed by atoms with Crippen LogP contribution in [0.15, 0.2) is 6.33 Å². The first-order valence-corrected chi connectivity index (χ1v) is 8.24. The number of piperidine rings is 1. The average molecular weight is 289 g/mol. The van der Waals surface area contributed by atoms with Gasteiger partial charge in [0.2, 0.25) is 0 Å². The minimum atomic E-state index is -0.250. The quantitative estimate of drug-likeness (QED) is 0.876. The van der Waals surface area contributed by atoms with Crippen molar-refractivity contribution < 1.29 is 5.11 Å². The molecule has 1 fully saturated rings. The van der Waals surface area contributed by atoms with Crippen LogP contribution in [0.2, 0.25) is 0 Å². The fourth-order valence-corrected chi connectivity index (χ4v) is 4.62. The Morgan fingerprint density at radius 2 is 2.25 bits per heavy atom. The third-order valence-electron chi connectivity index (χ3n) is 4.70. The molecule has 3 heterocycles. The Balaban J connectivity index is 1.80. The van der Waals surface area contributed by atoms with Gasteiger partial charge in [-0.1, -0.05) is 6.92 Å². The molecule has 0 saturated carbocycles. The number of hydrogen-bond acceptors (Lipinski definition) is 5. The number of anilines is 1. The molecular formula is C15H19N3OS. The highest BCUT2D eigenvalue weighted by Crippen LogP contribution is 2.40. The van der Waals surface area contributed by atoms with E-state index in [1.54, 1.807) is 6.33 Å². The minimum absolute atomic E-state index is 0.250. The molecule has 1 N–H and O–H groups in total. The van der Waals surface area contributed by atoms with Crippen molar-refractivity contribution in [3.63, 3.8) is 0 Å². The van der Waals surface area contributed by atoms with Crippen LogP contribution in [0.5, 0.6) is 0 Å². The zero-order chi connectivity index (χ0) is 13.7. The summed E-state index contributed by atoms with van der Waals surface area (Å²) in [5.41, 5.74) is 1.47. The molecule has 5 heteroatoms. The van der Waals surface area contributed by atoms with Gasteiger partial charge in [-0.2, -0.15) is 0 Å². The van der Waals surface area contributed by atoms with E-state index in [1.165, 1.54) is 28.7 Å². The Morgan fingerprint density at radius 1 is 1.35 bits per heavy atom. The summed E-state index contributed by atoms with van der Waals surface area (Å²) in [7, 11) is 0. The van der Waals surface area contributed by atoms with E-state index in [0.717, 1.165) is 30.0 Å². The first-order valence-electron chi connectivity index (χ1n) is 7.42. The number of rotatable bonds is 1. The molecule has 0 aromatic carbocycles. The SMILES string of the molecule is CC1CCN(c2ncnc3sc4c(c23)CCC4)CC1O. The molecule has 0 radical (unpaired) electrons.